The summed E-state index contributed by atoms with van der Waals surface area (Å²) in [6.45, 7) is 4.48. The van der Waals surface area contributed by atoms with Gasteiger partial charge in [0.2, 0.25) is 5.16 Å². The summed E-state index contributed by atoms with van der Waals surface area (Å²) in [5, 5.41) is 14.0. The van der Waals surface area contributed by atoms with Crippen LogP contribution in [0.25, 0.3) is 0 Å². The number of hydrogen-bond acceptors (Lipinski definition) is 5. The second-order valence-electron chi connectivity index (χ2n) is 5.90. The first kappa shape index (κ1) is 15.9. The van der Waals surface area contributed by atoms with E-state index < -0.39 is 0 Å². The van der Waals surface area contributed by atoms with Crippen LogP contribution in [0.5, 0.6) is 5.75 Å². The number of aryl methyl sites for hydroxylation is 1. The molecule has 0 saturated heterocycles. The normalized spacial score (nSPS) is 13.3. The molecule has 0 spiro atoms. The van der Waals surface area contributed by atoms with E-state index in [1.54, 1.807) is 16.4 Å². The van der Waals surface area contributed by atoms with Crippen LogP contribution in [0.2, 0.25) is 0 Å². The lowest BCUT2D eigenvalue weighted by molar-refractivity contribution is 0.287. The number of nitrogens with zero attached hydrogens (tertiary/aromatic N) is 4. The molecule has 5 nitrogen and oxygen atoms in total. The summed E-state index contributed by atoms with van der Waals surface area (Å²) in [5.74, 6) is 2.37. The van der Waals surface area contributed by atoms with Crippen LogP contribution in [0.4, 0.5) is 0 Å². The first-order chi connectivity index (χ1) is 12.2. The van der Waals surface area contributed by atoms with E-state index in [2.05, 4.69) is 42.2 Å². The molecule has 2 heterocycles. The molecule has 1 aliphatic rings. The van der Waals surface area contributed by atoms with Crippen molar-refractivity contribution in [1.29, 1.82) is 0 Å². The first-order valence-corrected chi connectivity index (χ1v) is 9.10. The van der Waals surface area contributed by atoms with Crippen LogP contribution < -0.4 is 4.74 Å². The van der Waals surface area contributed by atoms with E-state index in [9.17, 15) is 0 Å². The van der Waals surface area contributed by atoms with E-state index in [0.29, 0.717) is 12.4 Å². The minimum absolute atomic E-state index is 0.337. The quantitative estimate of drug-likeness (QED) is 0.717. The maximum Gasteiger partial charge on any atom is 0.212 e. The standard InChI is InChI=1S/C19H18N4OS/c1-13-7-6-10-17(14(13)2)24-11-18-20-21-19-23(18)22-16(12-25-19)15-8-4-3-5-9-15/h3-10H,11-12H2,1-2H3. The van der Waals surface area contributed by atoms with Crippen molar-refractivity contribution in [3.05, 3.63) is 71.0 Å². The number of benzene rings is 2. The van der Waals surface area contributed by atoms with Gasteiger partial charge >= 0.3 is 0 Å². The topological polar surface area (TPSA) is 52.3 Å². The van der Waals surface area contributed by atoms with E-state index in [4.69, 9.17) is 9.84 Å². The fourth-order valence-electron chi connectivity index (χ4n) is 2.65. The van der Waals surface area contributed by atoms with Crippen molar-refractivity contribution in [2.24, 2.45) is 5.10 Å². The Bertz CT molecular complexity index is 934. The molecule has 0 amide bonds. The smallest absolute Gasteiger partial charge is 0.212 e. The molecule has 0 aliphatic carbocycles. The molecule has 3 aromatic rings. The predicted octanol–water partition coefficient (Wildman–Crippen LogP) is 3.83. The third kappa shape index (κ3) is 3.17. The summed E-state index contributed by atoms with van der Waals surface area (Å²) in [5.41, 5.74) is 4.49. The molecule has 0 saturated carbocycles. The van der Waals surface area contributed by atoms with Crippen molar-refractivity contribution in [3.8, 4) is 5.75 Å². The highest BCUT2D eigenvalue weighted by atomic mass is 32.2. The molecule has 0 unspecified atom stereocenters. The Kier molecular flexibility index (Phi) is 4.28. The third-order valence-corrected chi connectivity index (χ3v) is 5.18. The van der Waals surface area contributed by atoms with Gasteiger partial charge in [-0.25, -0.2) is 0 Å². The number of rotatable bonds is 4. The van der Waals surface area contributed by atoms with Gasteiger partial charge in [0, 0.05) is 5.75 Å². The van der Waals surface area contributed by atoms with Crippen molar-refractivity contribution in [1.82, 2.24) is 14.9 Å². The third-order valence-electron chi connectivity index (χ3n) is 4.25. The molecule has 6 heteroatoms. The Labute approximate surface area is 150 Å². The van der Waals surface area contributed by atoms with E-state index in [1.165, 1.54) is 5.56 Å². The number of thioether (sulfide) groups is 1. The second kappa shape index (κ2) is 6.72. The van der Waals surface area contributed by atoms with Crippen LogP contribution in [0.1, 0.15) is 22.5 Å². The highest BCUT2D eigenvalue weighted by Crippen LogP contribution is 2.25. The summed E-state index contributed by atoms with van der Waals surface area (Å²) in [7, 11) is 0. The summed E-state index contributed by atoms with van der Waals surface area (Å²) in [4.78, 5) is 0. The molecule has 0 radical (unpaired) electrons. The summed E-state index contributed by atoms with van der Waals surface area (Å²) in [6, 6.07) is 16.2. The number of hydrogen-bond donors (Lipinski definition) is 0. The molecule has 0 bridgehead atoms. The van der Waals surface area contributed by atoms with E-state index in [0.717, 1.165) is 33.5 Å². The maximum atomic E-state index is 5.97. The largest absolute Gasteiger partial charge is 0.485 e. The maximum absolute atomic E-state index is 5.97. The van der Waals surface area contributed by atoms with Crippen molar-refractivity contribution in [2.45, 2.75) is 25.6 Å². The Morgan fingerprint density at radius 2 is 1.88 bits per heavy atom. The molecule has 1 aromatic heterocycles. The number of fused-ring (bicyclic) bond motifs is 1. The van der Waals surface area contributed by atoms with Crippen molar-refractivity contribution < 1.29 is 4.74 Å². The molecule has 2 aromatic carbocycles. The lowest BCUT2D eigenvalue weighted by Gasteiger charge is -2.14. The van der Waals surface area contributed by atoms with Gasteiger partial charge in [-0.3, -0.25) is 0 Å². The molecular formula is C19H18N4OS. The molecule has 126 valence electrons. The summed E-state index contributed by atoms with van der Waals surface area (Å²) in [6.07, 6.45) is 0. The average Bonchev–Trinajstić information content (AvgIpc) is 3.06. The van der Waals surface area contributed by atoms with Crippen LogP contribution >= 0.6 is 11.8 Å². The van der Waals surface area contributed by atoms with Gasteiger partial charge in [-0.2, -0.15) is 9.78 Å². The van der Waals surface area contributed by atoms with Gasteiger partial charge in [-0.15, -0.1) is 10.2 Å². The molecule has 0 atom stereocenters. The Balaban J connectivity index is 1.59. The Hall–Kier alpha value is -2.60. The zero-order valence-electron chi connectivity index (χ0n) is 14.1. The molecule has 0 fully saturated rings. The van der Waals surface area contributed by atoms with E-state index in [1.807, 2.05) is 30.3 Å². The van der Waals surface area contributed by atoms with Gasteiger partial charge in [0.1, 0.15) is 12.4 Å². The van der Waals surface area contributed by atoms with Gasteiger partial charge in [0.15, 0.2) is 5.82 Å². The summed E-state index contributed by atoms with van der Waals surface area (Å²) >= 11 is 1.64. The number of ether oxygens (including phenoxy) is 1. The van der Waals surface area contributed by atoms with Gasteiger partial charge < -0.3 is 4.74 Å². The minimum atomic E-state index is 0.337. The highest BCUT2D eigenvalue weighted by Gasteiger charge is 2.20. The van der Waals surface area contributed by atoms with Crippen LogP contribution in [-0.2, 0) is 6.61 Å². The lowest BCUT2D eigenvalue weighted by Crippen LogP contribution is -2.15. The Morgan fingerprint density at radius 1 is 1.04 bits per heavy atom. The molecule has 25 heavy (non-hydrogen) atoms. The van der Waals surface area contributed by atoms with E-state index >= 15 is 0 Å². The predicted molar refractivity (Wildman–Crippen MR) is 99.4 cm³/mol. The Morgan fingerprint density at radius 3 is 2.72 bits per heavy atom. The SMILES string of the molecule is Cc1cccc(OCc2nnc3n2N=C(c2ccccc2)CS3)c1C. The lowest BCUT2D eigenvalue weighted by atomic mass is 10.1. The van der Waals surface area contributed by atoms with Crippen molar-refractivity contribution in [2.75, 3.05) is 5.75 Å². The van der Waals surface area contributed by atoms with E-state index in [-0.39, 0.29) is 0 Å². The van der Waals surface area contributed by atoms with Crippen molar-refractivity contribution in [3.63, 3.8) is 0 Å². The van der Waals surface area contributed by atoms with Gasteiger partial charge in [-0.1, -0.05) is 54.2 Å². The van der Waals surface area contributed by atoms with Crippen LogP contribution in [0, 0.1) is 13.8 Å². The van der Waals surface area contributed by atoms with Crippen LogP contribution in [0.3, 0.4) is 0 Å². The minimum Gasteiger partial charge on any atom is -0.485 e. The van der Waals surface area contributed by atoms with Crippen molar-refractivity contribution >= 4 is 17.5 Å². The summed E-state index contributed by atoms with van der Waals surface area (Å²) < 4.78 is 7.76. The monoisotopic (exact) mass is 350 g/mol. The second-order valence-corrected chi connectivity index (χ2v) is 6.84. The highest BCUT2D eigenvalue weighted by molar-refractivity contribution is 7.99. The van der Waals surface area contributed by atoms with Gasteiger partial charge in [0.05, 0.1) is 5.71 Å². The number of aromatic nitrogens is 3. The molecule has 1 aliphatic heterocycles. The average molecular weight is 350 g/mol. The zero-order valence-corrected chi connectivity index (χ0v) is 15.0. The zero-order chi connectivity index (χ0) is 17.2. The molecule has 0 N–H and O–H groups in total. The van der Waals surface area contributed by atoms with Gasteiger partial charge in [-0.05, 0) is 36.6 Å². The van der Waals surface area contributed by atoms with Crippen LogP contribution in [0.15, 0.2) is 58.8 Å². The molecular weight excluding hydrogens is 332 g/mol. The molecule has 4 rings (SSSR count). The first-order valence-electron chi connectivity index (χ1n) is 8.12. The van der Waals surface area contributed by atoms with Crippen LogP contribution in [-0.4, -0.2) is 26.3 Å². The fraction of sp³-hybridized carbons (Fsp3) is 0.211. The van der Waals surface area contributed by atoms with Gasteiger partial charge in [0.25, 0.3) is 0 Å². The fourth-order valence-corrected chi connectivity index (χ4v) is 3.51.